The molecule has 4 rings (SSSR count). The van der Waals surface area contributed by atoms with Crippen molar-refractivity contribution in [2.24, 2.45) is 5.92 Å². The third-order valence-electron chi connectivity index (χ3n) is 5.10. The zero-order valence-electron chi connectivity index (χ0n) is 14.8. The number of amides is 1. The maximum atomic E-state index is 13.0. The zero-order valence-corrected chi connectivity index (χ0v) is 14.8. The van der Waals surface area contributed by atoms with E-state index in [1.54, 1.807) is 17.0 Å². The normalized spacial score (nSPS) is 22.6. The van der Waals surface area contributed by atoms with E-state index in [2.05, 4.69) is 10.1 Å². The summed E-state index contributed by atoms with van der Waals surface area (Å²) < 4.78 is 11.0. The van der Waals surface area contributed by atoms with Gasteiger partial charge in [0.2, 0.25) is 5.89 Å². The Kier molecular flexibility index (Phi) is 4.63. The smallest absolute Gasteiger partial charge is 0.257 e. The number of nitrogens with zero attached hydrogens (tertiary/aromatic N) is 3. The molecular formula is C19H23N3O4. The SMILES string of the molecule is CCOc1ccccc1C(=O)N1CC(CO)C(c2nc(C3CC3)no2)C1. The summed E-state index contributed by atoms with van der Waals surface area (Å²) in [5.74, 6) is 1.93. The quantitative estimate of drug-likeness (QED) is 0.852. The van der Waals surface area contributed by atoms with Crippen LogP contribution >= 0.6 is 0 Å². The van der Waals surface area contributed by atoms with E-state index in [1.807, 2.05) is 19.1 Å². The largest absolute Gasteiger partial charge is 0.493 e. The first kappa shape index (κ1) is 17.0. The molecule has 1 aliphatic carbocycles. The Hall–Kier alpha value is -2.41. The van der Waals surface area contributed by atoms with Crippen LogP contribution in [-0.4, -0.2) is 52.4 Å². The lowest BCUT2D eigenvalue weighted by Gasteiger charge is -2.18. The molecular weight excluding hydrogens is 334 g/mol. The van der Waals surface area contributed by atoms with Gasteiger partial charge in [-0.25, -0.2) is 0 Å². The van der Waals surface area contributed by atoms with Crippen LogP contribution in [0.3, 0.4) is 0 Å². The molecule has 1 amide bonds. The van der Waals surface area contributed by atoms with Crippen molar-refractivity contribution < 1.29 is 19.2 Å². The molecule has 0 spiro atoms. The molecule has 2 atom stereocenters. The van der Waals surface area contributed by atoms with Crippen LogP contribution in [0.5, 0.6) is 5.75 Å². The van der Waals surface area contributed by atoms with Gasteiger partial charge in [0.25, 0.3) is 5.91 Å². The molecule has 1 saturated heterocycles. The molecule has 138 valence electrons. The Morgan fingerprint density at radius 2 is 2.15 bits per heavy atom. The van der Waals surface area contributed by atoms with Crippen LogP contribution < -0.4 is 4.74 Å². The fourth-order valence-corrected chi connectivity index (χ4v) is 3.50. The molecule has 2 heterocycles. The first-order valence-electron chi connectivity index (χ1n) is 9.16. The van der Waals surface area contributed by atoms with Gasteiger partial charge in [0.05, 0.1) is 18.1 Å². The van der Waals surface area contributed by atoms with Crippen molar-refractivity contribution in [3.63, 3.8) is 0 Å². The molecule has 1 saturated carbocycles. The van der Waals surface area contributed by atoms with Crippen molar-refractivity contribution in [1.29, 1.82) is 0 Å². The van der Waals surface area contributed by atoms with Crippen molar-refractivity contribution >= 4 is 5.91 Å². The Bertz CT molecular complexity index is 787. The zero-order chi connectivity index (χ0) is 18.1. The van der Waals surface area contributed by atoms with Gasteiger partial charge in [0.15, 0.2) is 5.82 Å². The average molecular weight is 357 g/mol. The van der Waals surface area contributed by atoms with Crippen LogP contribution in [0, 0.1) is 5.92 Å². The lowest BCUT2D eigenvalue weighted by Crippen LogP contribution is -2.29. The summed E-state index contributed by atoms with van der Waals surface area (Å²) in [6.45, 7) is 3.28. The third kappa shape index (κ3) is 3.19. The molecule has 7 nitrogen and oxygen atoms in total. The van der Waals surface area contributed by atoms with Gasteiger partial charge in [-0.15, -0.1) is 0 Å². The Morgan fingerprint density at radius 3 is 2.88 bits per heavy atom. The number of hydrogen-bond acceptors (Lipinski definition) is 6. The van der Waals surface area contributed by atoms with E-state index in [0.29, 0.717) is 42.8 Å². The van der Waals surface area contributed by atoms with Gasteiger partial charge >= 0.3 is 0 Å². The highest BCUT2D eigenvalue weighted by molar-refractivity contribution is 5.97. The summed E-state index contributed by atoms with van der Waals surface area (Å²) in [4.78, 5) is 19.3. The number of aromatic nitrogens is 2. The molecule has 7 heteroatoms. The maximum absolute atomic E-state index is 13.0. The predicted octanol–water partition coefficient (Wildman–Crippen LogP) is 2.19. The molecule has 1 aromatic carbocycles. The number of rotatable bonds is 6. The number of ether oxygens (including phenoxy) is 1. The fraction of sp³-hybridized carbons (Fsp3) is 0.526. The number of para-hydroxylation sites is 1. The van der Waals surface area contributed by atoms with Crippen molar-refractivity contribution in [1.82, 2.24) is 15.0 Å². The lowest BCUT2D eigenvalue weighted by molar-refractivity contribution is 0.0777. The first-order chi connectivity index (χ1) is 12.7. The topological polar surface area (TPSA) is 88.7 Å². The van der Waals surface area contributed by atoms with Crippen LogP contribution in [-0.2, 0) is 0 Å². The minimum absolute atomic E-state index is 0.0251. The number of likely N-dealkylation sites (tertiary alicyclic amines) is 1. The van der Waals surface area contributed by atoms with E-state index in [9.17, 15) is 9.90 Å². The van der Waals surface area contributed by atoms with Gasteiger partial charge in [-0.2, -0.15) is 4.98 Å². The maximum Gasteiger partial charge on any atom is 0.257 e. The molecule has 26 heavy (non-hydrogen) atoms. The summed E-state index contributed by atoms with van der Waals surface area (Å²) in [5, 5.41) is 13.8. The van der Waals surface area contributed by atoms with Crippen LogP contribution in [0.1, 0.15) is 53.7 Å². The van der Waals surface area contributed by atoms with Crippen molar-refractivity contribution in [2.45, 2.75) is 31.6 Å². The summed E-state index contributed by atoms with van der Waals surface area (Å²) in [6, 6.07) is 7.25. The summed E-state index contributed by atoms with van der Waals surface area (Å²) >= 11 is 0. The minimum atomic E-state index is -0.136. The number of aliphatic hydroxyl groups is 1. The Labute approximate surface area is 152 Å². The second-order valence-corrected chi connectivity index (χ2v) is 6.95. The predicted molar refractivity (Wildman–Crippen MR) is 93.1 cm³/mol. The van der Waals surface area contributed by atoms with Gasteiger partial charge in [0, 0.05) is 31.5 Å². The van der Waals surface area contributed by atoms with Crippen molar-refractivity contribution in [2.75, 3.05) is 26.3 Å². The summed E-state index contributed by atoms with van der Waals surface area (Å²) in [7, 11) is 0. The molecule has 2 fully saturated rings. The molecule has 2 unspecified atom stereocenters. The van der Waals surface area contributed by atoms with Gasteiger partial charge in [-0.1, -0.05) is 17.3 Å². The van der Waals surface area contributed by atoms with Crippen molar-refractivity contribution in [3.05, 3.63) is 41.5 Å². The number of carbonyl (C=O) groups excluding carboxylic acids is 1. The van der Waals surface area contributed by atoms with Crippen LogP contribution in [0.2, 0.25) is 0 Å². The highest BCUT2D eigenvalue weighted by Gasteiger charge is 2.40. The lowest BCUT2D eigenvalue weighted by atomic mass is 9.97. The number of carbonyl (C=O) groups is 1. The molecule has 1 aromatic heterocycles. The van der Waals surface area contributed by atoms with E-state index in [0.717, 1.165) is 18.7 Å². The Morgan fingerprint density at radius 1 is 1.35 bits per heavy atom. The van der Waals surface area contributed by atoms with Gasteiger partial charge < -0.3 is 19.3 Å². The molecule has 1 aliphatic heterocycles. The van der Waals surface area contributed by atoms with E-state index in [-0.39, 0.29) is 24.3 Å². The second kappa shape index (κ2) is 7.07. The summed E-state index contributed by atoms with van der Waals surface area (Å²) in [5.41, 5.74) is 0.538. The average Bonchev–Trinajstić information content (AvgIpc) is 3.24. The van der Waals surface area contributed by atoms with Crippen LogP contribution in [0.15, 0.2) is 28.8 Å². The first-order valence-corrected chi connectivity index (χ1v) is 9.16. The van der Waals surface area contributed by atoms with Gasteiger partial charge in [-0.05, 0) is 31.9 Å². The highest BCUT2D eigenvalue weighted by Crippen LogP contribution is 2.40. The van der Waals surface area contributed by atoms with E-state index in [1.165, 1.54) is 0 Å². The van der Waals surface area contributed by atoms with Crippen molar-refractivity contribution in [3.8, 4) is 5.75 Å². The Balaban J connectivity index is 1.53. The molecule has 2 aromatic rings. The van der Waals surface area contributed by atoms with Crippen LogP contribution in [0.4, 0.5) is 0 Å². The van der Waals surface area contributed by atoms with Gasteiger partial charge in [-0.3, -0.25) is 4.79 Å². The monoisotopic (exact) mass is 357 g/mol. The third-order valence-corrected chi connectivity index (χ3v) is 5.10. The van der Waals surface area contributed by atoms with Crippen LogP contribution in [0.25, 0.3) is 0 Å². The fourth-order valence-electron chi connectivity index (χ4n) is 3.50. The number of aliphatic hydroxyl groups excluding tert-OH is 1. The highest BCUT2D eigenvalue weighted by atomic mass is 16.5. The summed E-state index contributed by atoms with van der Waals surface area (Å²) in [6.07, 6.45) is 2.21. The number of hydrogen-bond donors (Lipinski definition) is 1. The molecule has 1 N–H and O–H groups in total. The molecule has 0 radical (unpaired) electrons. The van der Waals surface area contributed by atoms with E-state index < -0.39 is 0 Å². The second-order valence-electron chi connectivity index (χ2n) is 6.95. The standard InChI is InChI=1S/C19H23N3O4/c1-2-25-16-6-4-3-5-14(16)19(24)22-9-13(11-23)15(10-22)18-20-17(21-26-18)12-7-8-12/h3-6,12-13,15,23H,2,7-11H2,1H3. The van der Waals surface area contributed by atoms with E-state index in [4.69, 9.17) is 9.26 Å². The van der Waals surface area contributed by atoms with E-state index >= 15 is 0 Å². The number of benzene rings is 1. The minimum Gasteiger partial charge on any atom is -0.493 e. The van der Waals surface area contributed by atoms with Gasteiger partial charge in [0.1, 0.15) is 5.75 Å². The molecule has 2 aliphatic rings. The molecule has 0 bridgehead atoms.